The van der Waals surface area contributed by atoms with Crippen LogP contribution in [0.2, 0.25) is 0 Å². The standard InChI is InChI=1S/C21H29N3O2S/c1-4-20(25)22-16(2)21(19-6-5-15-27-19)24-13-11-23(12-14-24)17-7-9-18(26-3)10-8-17/h5-10,15-16,21H,4,11-14H2,1-3H3,(H,22,25)/t16-,21-/m0/s1. The average molecular weight is 388 g/mol. The summed E-state index contributed by atoms with van der Waals surface area (Å²) in [6, 6.07) is 12.8. The van der Waals surface area contributed by atoms with Crippen LogP contribution in [0, 0.1) is 0 Å². The molecule has 1 fully saturated rings. The van der Waals surface area contributed by atoms with E-state index < -0.39 is 0 Å². The van der Waals surface area contributed by atoms with Crippen LogP contribution in [0.4, 0.5) is 5.69 Å². The second-order valence-corrected chi connectivity index (χ2v) is 7.87. The van der Waals surface area contributed by atoms with Gasteiger partial charge >= 0.3 is 0 Å². The second-order valence-electron chi connectivity index (χ2n) is 6.89. The summed E-state index contributed by atoms with van der Waals surface area (Å²) in [5.41, 5.74) is 1.23. The number of amides is 1. The van der Waals surface area contributed by atoms with Crippen molar-refractivity contribution in [2.24, 2.45) is 0 Å². The van der Waals surface area contributed by atoms with Gasteiger partial charge in [-0.05, 0) is 42.6 Å². The highest BCUT2D eigenvalue weighted by atomic mass is 32.1. The molecule has 0 bridgehead atoms. The second kappa shape index (κ2) is 9.24. The summed E-state index contributed by atoms with van der Waals surface area (Å²) < 4.78 is 5.25. The van der Waals surface area contributed by atoms with Crippen LogP contribution in [0.1, 0.15) is 31.2 Å². The van der Waals surface area contributed by atoms with Gasteiger partial charge in [-0.1, -0.05) is 13.0 Å². The van der Waals surface area contributed by atoms with Gasteiger partial charge in [-0.15, -0.1) is 11.3 Å². The molecule has 0 saturated carbocycles. The zero-order valence-electron chi connectivity index (χ0n) is 16.4. The Hall–Kier alpha value is -2.05. The Kier molecular flexibility index (Phi) is 6.74. The zero-order valence-corrected chi connectivity index (χ0v) is 17.2. The molecular formula is C21H29N3O2S. The SMILES string of the molecule is CCC(=O)N[C@@H](C)[C@@H](c1cccs1)N1CCN(c2ccc(OC)cc2)CC1. The maximum atomic E-state index is 11.9. The Morgan fingerprint density at radius 1 is 1.19 bits per heavy atom. The van der Waals surface area contributed by atoms with Gasteiger partial charge in [0.15, 0.2) is 0 Å². The summed E-state index contributed by atoms with van der Waals surface area (Å²) in [6.45, 7) is 7.91. The van der Waals surface area contributed by atoms with Crippen LogP contribution in [0.15, 0.2) is 41.8 Å². The molecule has 1 aromatic carbocycles. The van der Waals surface area contributed by atoms with E-state index in [-0.39, 0.29) is 18.0 Å². The first-order chi connectivity index (χ1) is 13.1. The van der Waals surface area contributed by atoms with E-state index in [4.69, 9.17) is 4.74 Å². The first-order valence-corrected chi connectivity index (χ1v) is 10.5. The van der Waals surface area contributed by atoms with Gasteiger partial charge in [0.25, 0.3) is 0 Å². The Morgan fingerprint density at radius 2 is 1.89 bits per heavy atom. The molecule has 2 atom stereocenters. The van der Waals surface area contributed by atoms with Crippen molar-refractivity contribution < 1.29 is 9.53 Å². The fourth-order valence-corrected chi connectivity index (χ4v) is 4.65. The smallest absolute Gasteiger partial charge is 0.219 e. The molecule has 6 heteroatoms. The summed E-state index contributed by atoms with van der Waals surface area (Å²) in [7, 11) is 1.69. The summed E-state index contributed by atoms with van der Waals surface area (Å²) in [5.74, 6) is 0.997. The van der Waals surface area contributed by atoms with E-state index in [2.05, 4.69) is 51.7 Å². The molecule has 27 heavy (non-hydrogen) atoms. The fraction of sp³-hybridized carbons (Fsp3) is 0.476. The van der Waals surface area contributed by atoms with E-state index in [0.29, 0.717) is 6.42 Å². The van der Waals surface area contributed by atoms with E-state index in [1.165, 1.54) is 10.6 Å². The Morgan fingerprint density at radius 3 is 2.44 bits per heavy atom. The molecule has 0 spiro atoms. The number of nitrogens with one attached hydrogen (secondary N) is 1. The number of ether oxygens (including phenoxy) is 1. The molecule has 2 heterocycles. The number of thiophene rings is 1. The molecule has 1 aliphatic rings. The quantitative estimate of drug-likeness (QED) is 0.789. The zero-order chi connectivity index (χ0) is 19.2. The number of hydrogen-bond donors (Lipinski definition) is 1. The fourth-order valence-electron chi connectivity index (χ4n) is 3.69. The molecule has 5 nitrogen and oxygen atoms in total. The largest absolute Gasteiger partial charge is 0.497 e. The van der Waals surface area contributed by atoms with Crippen molar-refractivity contribution in [1.82, 2.24) is 10.2 Å². The van der Waals surface area contributed by atoms with Crippen molar-refractivity contribution in [3.63, 3.8) is 0 Å². The molecule has 1 aliphatic heterocycles. The third-order valence-electron chi connectivity index (χ3n) is 5.16. The minimum absolute atomic E-state index is 0.0867. The van der Waals surface area contributed by atoms with E-state index in [1.54, 1.807) is 18.4 Å². The predicted octanol–water partition coefficient (Wildman–Crippen LogP) is 3.53. The number of carbonyl (C=O) groups excluding carboxylic acids is 1. The molecular weight excluding hydrogens is 358 g/mol. The van der Waals surface area contributed by atoms with Crippen molar-refractivity contribution in [1.29, 1.82) is 0 Å². The third-order valence-corrected chi connectivity index (χ3v) is 6.11. The topological polar surface area (TPSA) is 44.8 Å². The number of carbonyl (C=O) groups is 1. The maximum Gasteiger partial charge on any atom is 0.219 e. The molecule has 0 radical (unpaired) electrons. The van der Waals surface area contributed by atoms with Crippen molar-refractivity contribution >= 4 is 22.9 Å². The minimum atomic E-state index is 0.0867. The molecule has 3 rings (SSSR count). The number of nitrogens with zero attached hydrogens (tertiary/aromatic N) is 2. The Bertz CT molecular complexity index is 710. The van der Waals surface area contributed by atoms with Crippen LogP contribution in [-0.4, -0.2) is 50.1 Å². The number of piperazine rings is 1. The van der Waals surface area contributed by atoms with Crippen LogP contribution in [0.25, 0.3) is 0 Å². The molecule has 1 N–H and O–H groups in total. The van der Waals surface area contributed by atoms with E-state index in [0.717, 1.165) is 31.9 Å². The van der Waals surface area contributed by atoms with E-state index in [9.17, 15) is 4.79 Å². The van der Waals surface area contributed by atoms with Crippen molar-refractivity contribution in [2.45, 2.75) is 32.4 Å². The minimum Gasteiger partial charge on any atom is -0.497 e. The summed E-state index contributed by atoms with van der Waals surface area (Å²) in [5, 5.41) is 5.28. The van der Waals surface area contributed by atoms with E-state index in [1.807, 2.05) is 19.1 Å². The molecule has 0 aliphatic carbocycles. The number of benzene rings is 1. The molecule has 1 saturated heterocycles. The highest BCUT2D eigenvalue weighted by Gasteiger charge is 2.30. The molecule has 1 aromatic heterocycles. The summed E-state index contributed by atoms with van der Waals surface area (Å²) >= 11 is 1.77. The van der Waals surface area contributed by atoms with E-state index >= 15 is 0 Å². The Balaban J connectivity index is 1.67. The van der Waals surface area contributed by atoms with Crippen LogP contribution in [0.3, 0.4) is 0 Å². The lowest BCUT2D eigenvalue weighted by Gasteiger charge is -2.42. The number of rotatable bonds is 7. The van der Waals surface area contributed by atoms with Gasteiger partial charge in [-0.3, -0.25) is 9.69 Å². The lowest BCUT2D eigenvalue weighted by molar-refractivity contribution is -0.121. The van der Waals surface area contributed by atoms with Gasteiger partial charge in [0.2, 0.25) is 5.91 Å². The van der Waals surface area contributed by atoms with Gasteiger partial charge in [0, 0.05) is 49.2 Å². The first-order valence-electron chi connectivity index (χ1n) is 9.58. The van der Waals surface area contributed by atoms with Crippen molar-refractivity contribution in [2.75, 3.05) is 38.2 Å². The van der Waals surface area contributed by atoms with Gasteiger partial charge in [-0.2, -0.15) is 0 Å². The van der Waals surface area contributed by atoms with Gasteiger partial charge in [-0.25, -0.2) is 0 Å². The molecule has 1 amide bonds. The normalized spacial score (nSPS) is 17.4. The van der Waals surface area contributed by atoms with Gasteiger partial charge in [0.05, 0.1) is 13.2 Å². The van der Waals surface area contributed by atoms with Crippen molar-refractivity contribution in [3.05, 3.63) is 46.7 Å². The van der Waals surface area contributed by atoms with Gasteiger partial charge < -0.3 is 15.0 Å². The number of hydrogen-bond acceptors (Lipinski definition) is 5. The summed E-state index contributed by atoms with van der Waals surface area (Å²) in [4.78, 5) is 18.2. The molecule has 146 valence electrons. The number of methoxy groups -OCH3 is 1. The van der Waals surface area contributed by atoms with Crippen LogP contribution in [0.5, 0.6) is 5.75 Å². The highest BCUT2D eigenvalue weighted by molar-refractivity contribution is 7.10. The predicted molar refractivity (Wildman–Crippen MR) is 112 cm³/mol. The third kappa shape index (κ3) is 4.82. The summed E-state index contributed by atoms with van der Waals surface area (Å²) in [6.07, 6.45) is 0.521. The lowest BCUT2D eigenvalue weighted by atomic mass is 10.0. The lowest BCUT2D eigenvalue weighted by Crippen LogP contribution is -2.52. The molecule has 0 unspecified atom stereocenters. The highest BCUT2D eigenvalue weighted by Crippen LogP contribution is 2.30. The molecule has 2 aromatic rings. The van der Waals surface area contributed by atoms with Crippen LogP contribution < -0.4 is 15.0 Å². The maximum absolute atomic E-state index is 11.9. The average Bonchev–Trinajstić information content (AvgIpc) is 3.23. The van der Waals surface area contributed by atoms with Crippen molar-refractivity contribution in [3.8, 4) is 5.75 Å². The number of anilines is 1. The monoisotopic (exact) mass is 387 g/mol. The first kappa shape index (κ1) is 19.7. The van der Waals surface area contributed by atoms with Crippen LogP contribution >= 0.6 is 11.3 Å². The Labute approximate surface area is 165 Å². The van der Waals surface area contributed by atoms with Gasteiger partial charge in [0.1, 0.15) is 5.75 Å². The van der Waals surface area contributed by atoms with Crippen LogP contribution in [-0.2, 0) is 4.79 Å².